The molecular weight excluding hydrogens is 164 g/mol. The molecule has 0 unspecified atom stereocenters. The van der Waals surface area contributed by atoms with Crippen molar-refractivity contribution < 1.29 is 9.53 Å². The highest BCUT2D eigenvalue weighted by atomic mass is 16.5. The van der Waals surface area contributed by atoms with Crippen LogP contribution in [0.3, 0.4) is 0 Å². The summed E-state index contributed by atoms with van der Waals surface area (Å²) >= 11 is 0. The third kappa shape index (κ3) is 24.8. The summed E-state index contributed by atoms with van der Waals surface area (Å²) in [5.41, 5.74) is 0.432. The summed E-state index contributed by atoms with van der Waals surface area (Å²) < 4.78 is 4.17. The molecule has 2 heteroatoms. The molecule has 0 aromatic rings. The van der Waals surface area contributed by atoms with Crippen molar-refractivity contribution in [3.63, 3.8) is 0 Å². The molecule has 13 heavy (non-hydrogen) atoms. The van der Waals surface area contributed by atoms with Gasteiger partial charge in [0.1, 0.15) is 0 Å². The summed E-state index contributed by atoms with van der Waals surface area (Å²) in [5, 5.41) is 0. The molecular formula is C11H20O2. The molecule has 0 atom stereocenters. The summed E-state index contributed by atoms with van der Waals surface area (Å²) in [6, 6.07) is 0. The van der Waals surface area contributed by atoms with Crippen LogP contribution in [0.4, 0.5) is 0 Å². The Kier molecular flexibility index (Phi) is 8.45. The Balaban J connectivity index is 0. The number of carbonyl (C=O) groups excluding carboxylic acids is 1. The molecule has 0 heterocycles. The van der Waals surface area contributed by atoms with Crippen molar-refractivity contribution >= 4 is 5.97 Å². The Labute approximate surface area is 81.3 Å². The van der Waals surface area contributed by atoms with Gasteiger partial charge in [0, 0.05) is 6.92 Å². The van der Waals surface area contributed by atoms with E-state index in [2.05, 4.69) is 38.7 Å². The second-order valence-electron chi connectivity index (χ2n) is 3.83. The lowest BCUT2D eigenvalue weighted by Crippen LogP contribution is -2.01. The Bertz CT molecular complexity index is 163. The predicted molar refractivity (Wildman–Crippen MR) is 56.2 cm³/mol. The van der Waals surface area contributed by atoms with Crippen LogP contribution < -0.4 is 0 Å². The lowest BCUT2D eigenvalue weighted by Gasteiger charge is -2.13. The van der Waals surface area contributed by atoms with Crippen LogP contribution in [-0.4, -0.2) is 5.97 Å². The van der Waals surface area contributed by atoms with E-state index < -0.39 is 0 Å². The Morgan fingerprint density at radius 2 is 1.85 bits per heavy atom. The van der Waals surface area contributed by atoms with Crippen LogP contribution in [0.15, 0.2) is 25.5 Å². The number of hydrogen-bond acceptors (Lipinski definition) is 2. The van der Waals surface area contributed by atoms with Crippen LogP contribution in [0.2, 0.25) is 0 Å². The van der Waals surface area contributed by atoms with Crippen molar-refractivity contribution in [2.24, 2.45) is 5.41 Å². The molecule has 0 saturated heterocycles. The summed E-state index contributed by atoms with van der Waals surface area (Å²) in [7, 11) is 0. The zero-order chi connectivity index (χ0) is 10.9. The van der Waals surface area contributed by atoms with Crippen molar-refractivity contribution in [1.29, 1.82) is 0 Å². The molecule has 0 aliphatic rings. The molecule has 0 aliphatic heterocycles. The second kappa shape index (κ2) is 7.59. The molecule has 0 aromatic heterocycles. The highest BCUT2D eigenvalue weighted by Gasteiger charge is 2.04. The molecule has 0 fully saturated rings. The molecule has 2 nitrogen and oxygen atoms in total. The molecule has 0 N–H and O–H groups in total. The van der Waals surface area contributed by atoms with Gasteiger partial charge < -0.3 is 4.74 Å². The van der Waals surface area contributed by atoms with Crippen molar-refractivity contribution in [3.05, 3.63) is 25.5 Å². The molecule has 0 radical (unpaired) electrons. The van der Waals surface area contributed by atoms with E-state index in [1.54, 1.807) is 0 Å². The molecule has 0 saturated carbocycles. The van der Waals surface area contributed by atoms with Crippen LogP contribution in [0.25, 0.3) is 0 Å². The third-order valence-electron chi connectivity index (χ3n) is 1.01. The van der Waals surface area contributed by atoms with Gasteiger partial charge in [0.05, 0.1) is 6.26 Å². The first-order valence-corrected chi connectivity index (χ1v) is 4.22. The summed E-state index contributed by atoms with van der Waals surface area (Å²) in [6.07, 6.45) is 4.16. The van der Waals surface area contributed by atoms with Crippen LogP contribution in [0.1, 0.15) is 34.1 Å². The van der Waals surface area contributed by atoms with E-state index in [9.17, 15) is 4.79 Å². The number of allylic oxidation sites excluding steroid dienone is 1. The largest absolute Gasteiger partial charge is 0.435 e. The van der Waals surface area contributed by atoms with Crippen molar-refractivity contribution in [1.82, 2.24) is 0 Å². The fourth-order valence-electron chi connectivity index (χ4n) is 0.550. The van der Waals surface area contributed by atoms with Crippen LogP contribution in [0, 0.1) is 5.41 Å². The second-order valence-corrected chi connectivity index (χ2v) is 3.83. The zero-order valence-electron chi connectivity index (χ0n) is 9.09. The SMILES string of the molecule is C=CCC(C)(C)C.C=COC(C)=O. The van der Waals surface area contributed by atoms with Gasteiger partial charge >= 0.3 is 5.97 Å². The number of rotatable bonds is 2. The van der Waals surface area contributed by atoms with Gasteiger partial charge in [-0.1, -0.05) is 33.4 Å². The number of carbonyl (C=O) groups is 1. The summed E-state index contributed by atoms with van der Waals surface area (Å²) in [4.78, 5) is 9.75. The van der Waals surface area contributed by atoms with Crippen molar-refractivity contribution in [2.75, 3.05) is 0 Å². The quantitative estimate of drug-likeness (QED) is 0.374. The lowest BCUT2D eigenvalue weighted by molar-refractivity contribution is -0.135. The van der Waals surface area contributed by atoms with E-state index in [1.807, 2.05) is 6.08 Å². The number of ether oxygens (including phenoxy) is 1. The standard InChI is InChI=1S/C7H14.C4H6O2/c1-5-6-7(2,3)4;1-3-6-4(2)5/h5H,1,6H2,2-4H3;3H,1H2,2H3. The average molecular weight is 184 g/mol. The molecule has 0 spiro atoms. The van der Waals surface area contributed by atoms with Crippen LogP contribution >= 0.6 is 0 Å². The normalized spacial score (nSPS) is 9.23. The molecule has 0 bridgehead atoms. The molecule has 0 amide bonds. The topological polar surface area (TPSA) is 26.3 Å². The predicted octanol–water partition coefficient (Wildman–Crippen LogP) is 3.30. The van der Waals surface area contributed by atoms with Crippen LogP contribution in [-0.2, 0) is 9.53 Å². The lowest BCUT2D eigenvalue weighted by atomic mass is 9.93. The molecule has 0 aliphatic carbocycles. The highest BCUT2D eigenvalue weighted by Crippen LogP contribution is 2.17. The summed E-state index contributed by atoms with van der Waals surface area (Å²) in [6.45, 7) is 14.7. The maximum absolute atomic E-state index is 9.75. The maximum atomic E-state index is 9.75. The average Bonchev–Trinajstić information content (AvgIpc) is 1.84. The van der Waals surface area contributed by atoms with E-state index in [4.69, 9.17) is 0 Å². The van der Waals surface area contributed by atoms with E-state index >= 15 is 0 Å². The van der Waals surface area contributed by atoms with Crippen molar-refractivity contribution in [2.45, 2.75) is 34.1 Å². The first kappa shape index (κ1) is 14.5. The molecule has 76 valence electrons. The fourth-order valence-corrected chi connectivity index (χ4v) is 0.550. The van der Waals surface area contributed by atoms with Gasteiger partial charge in [0.2, 0.25) is 0 Å². The first-order chi connectivity index (χ1) is 5.83. The minimum atomic E-state index is -0.329. The third-order valence-corrected chi connectivity index (χ3v) is 1.01. The monoisotopic (exact) mass is 184 g/mol. The fraction of sp³-hybridized carbons (Fsp3) is 0.545. The molecule has 0 aromatic carbocycles. The van der Waals surface area contributed by atoms with Gasteiger partial charge in [0.15, 0.2) is 0 Å². The minimum absolute atomic E-state index is 0.329. The first-order valence-electron chi connectivity index (χ1n) is 4.22. The Hall–Kier alpha value is -1.05. The van der Waals surface area contributed by atoms with E-state index in [0.29, 0.717) is 5.41 Å². The molecule has 0 rings (SSSR count). The summed E-state index contributed by atoms with van der Waals surface area (Å²) in [5.74, 6) is -0.329. The highest BCUT2D eigenvalue weighted by molar-refractivity contribution is 5.66. The van der Waals surface area contributed by atoms with Gasteiger partial charge in [0.25, 0.3) is 0 Å². The smallest absolute Gasteiger partial charge is 0.307 e. The van der Waals surface area contributed by atoms with E-state index in [0.717, 1.165) is 12.7 Å². The van der Waals surface area contributed by atoms with Crippen molar-refractivity contribution in [3.8, 4) is 0 Å². The van der Waals surface area contributed by atoms with Gasteiger partial charge in [-0.05, 0) is 11.8 Å². The van der Waals surface area contributed by atoms with Crippen LogP contribution in [0.5, 0.6) is 0 Å². The number of esters is 1. The Morgan fingerprint density at radius 1 is 1.38 bits per heavy atom. The van der Waals surface area contributed by atoms with Gasteiger partial charge in [-0.15, -0.1) is 6.58 Å². The van der Waals surface area contributed by atoms with E-state index in [1.165, 1.54) is 6.92 Å². The van der Waals surface area contributed by atoms with Gasteiger partial charge in [-0.2, -0.15) is 0 Å². The zero-order valence-corrected chi connectivity index (χ0v) is 9.09. The van der Waals surface area contributed by atoms with E-state index in [-0.39, 0.29) is 5.97 Å². The Morgan fingerprint density at radius 3 is 1.85 bits per heavy atom. The van der Waals surface area contributed by atoms with Gasteiger partial charge in [-0.3, -0.25) is 4.79 Å². The van der Waals surface area contributed by atoms with Gasteiger partial charge in [-0.25, -0.2) is 0 Å². The minimum Gasteiger partial charge on any atom is -0.435 e. The number of hydrogen-bond donors (Lipinski definition) is 0. The maximum Gasteiger partial charge on any atom is 0.307 e.